The zero-order chi connectivity index (χ0) is 24.2. The highest BCUT2D eigenvalue weighted by molar-refractivity contribution is 6.63. The minimum Gasteiger partial charge on any atom is -0.440 e. The van der Waals surface area contributed by atoms with Crippen molar-refractivity contribution in [3.8, 4) is 0 Å². The van der Waals surface area contributed by atoms with E-state index in [4.69, 9.17) is 9.07 Å². The van der Waals surface area contributed by atoms with Gasteiger partial charge in [-0.3, -0.25) is 4.79 Å². The third-order valence-electron chi connectivity index (χ3n) is 7.45. The van der Waals surface area contributed by atoms with Gasteiger partial charge in [0.25, 0.3) is 0 Å². The predicted molar refractivity (Wildman–Crippen MR) is 138 cm³/mol. The van der Waals surface area contributed by atoms with E-state index in [1.54, 1.807) is 0 Å². The van der Waals surface area contributed by atoms with Crippen molar-refractivity contribution < 1.29 is 14.1 Å². The molecule has 0 amide bonds. The van der Waals surface area contributed by atoms with Crippen LogP contribution in [0.15, 0.2) is 39.5 Å². The largest absolute Gasteiger partial charge is 0.493 e. The molecule has 2 aliphatic heterocycles. The van der Waals surface area contributed by atoms with Crippen LogP contribution in [0.1, 0.15) is 61.9 Å². The molecule has 34 heavy (non-hydrogen) atoms. The fraction of sp³-hybridized carbons (Fsp3) is 0.444. The zero-order valence-corrected chi connectivity index (χ0v) is 20.7. The molecular formula is C27H33BN2O4. The van der Waals surface area contributed by atoms with Gasteiger partial charge in [-0.15, -0.1) is 0 Å². The second-order valence-electron chi connectivity index (χ2n) is 10.7. The molecule has 7 heteroatoms. The molecular weight excluding hydrogens is 427 g/mol. The van der Waals surface area contributed by atoms with E-state index in [9.17, 15) is 9.82 Å². The van der Waals surface area contributed by atoms with Crippen LogP contribution in [0.2, 0.25) is 0 Å². The summed E-state index contributed by atoms with van der Waals surface area (Å²) in [6.45, 7) is 12.7. The van der Waals surface area contributed by atoms with E-state index in [2.05, 4.69) is 37.1 Å². The van der Waals surface area contributed by atoms with Crippen molar-refractivity contribution in [3.63, 3.8) is 0 Å². The van der Waals surface area contributed by atoms with Gasteiger partial charge in [-0.1, -0.05) is 32.0 Å². The maximum atomic E-state index is 13.4. The Labute approximate surface area is 201 Å². The highest BCUT2D eigenvalue weighted by atomic mass is 16.5. The fourth-order valence-corrected chi connectivity index (χ4v) is 5.21. The monoisotopic (exact) mass is 460 g/mol. The number of hydrogen-bond acceptors (Lipinski definition) is 6. The van der Waals surface area contributed by atoms with E-state index in [0.717, 1.165) is 53.8 Å². The van der Waals surface area contributed by atoms with Crippen LogP contribution in [0.3, 0.4) is 0 Å². The summed E-state index contributed by atoms with van der Waals surface area (Å²) in [5, 5.41) is 14.5. The van der Waals surface area contributed by atoms with Crippen LogP contribution in [0, 0.1) is 19.3 Å². The normalized spacial score (nSPS) is 18.3. The molecule has 2 aromatic carbocycles. The first-order valence-corrected chi connectivity index (χ1v) is 12.2. The molecule has 1 atom stereocenters. The quantitative estimate of drug-likeness (QED) is 0.562. The van der Waals surface area contributed by atoms with E-state index < -0.39 is 7.12 Å². The Kier molecular flexibility index (Phi) is 5.73. The molecule has 3 heterocycles. The third kappa shape index (κ3) is 4.01. The summed E-state index contributed by atoms with van der Waals surface area (Å²) >= 11 is 0. The summed E-state index contributed by atoms with van der Waals surface area (Å²) in [6, 6.07) is 9.73. The second-order valence-corrected chi connectivity index (χ2v) is 10.7. The van der Waals surface area contributed by atoms with Gasteiger partial charge in [-0.25, -0.2) is 0 Å². The van der Waals surface area contributed by atoms with E-state index >= 15 is 0 Å². The van der Waals surface area contributed by atoms with Crippen molar-refractivity contribution in [2.45, 2.75) is 60.1 Å². The molecule has 178 valence electrons. The first-order valence-electron chi connectivity index (χ1n) is 12.2. The molecule has 0 radical (unpaired) electrons. The number of benzene rings is 2. The predicted octanol–water partition coefficient (Wildman–Crippen LogP) is 4.43. The Hall–Kier alpha value is -2.77. The lowest BCUT2D eigenvalue weighted by molar-refractivity contribution is 0.274. The van der Waals surface area contributed by atoms with Gasteiger partial charge in [0.05, 0.1) is 23.6 Å². The number of anilines is 2. The van der Waals surface area contributed by atoms with Crippen molar-refractivity contribution in [2.24, 2.45) is 5.41 Å². The number of nitrogens with one attached hydrogen (secondary N) is 1. The highest BCUT2D eigenvalue weighted by Crippen LogP contribution is 2.36. The molecule has 2 aliphatic rings. The van der Waals surface area contributed by atoms with Crippen LogP contribution in [0.25, 0.3) is 11.0 Å². The number of fused-ring (bicyclic) bond motifs is 2. The Bertz CT molecular complexity index is 1310. The van der Waals surface area contributed by atoms with Gasteiger partial charge in [0.15, 0.2) is 5.43 Å². The lowest BCUT2D eigenvalue weighted by atomic mass is 9.78. The summed E-state index contributed by atoms with van der Waals surface area (Å²) in [4.78, 5) is 15.7. The van der Waals surface area contributed by atoms with Gasteiger partial charge in [-0.05, 0) is 62.3 Å². The molecule has 0 aliphatic carbocycles. The van der Waals surface area contributed by atoms with Crippen molar-refractivity contribution in [3.05, 3.63) is 62.8 Å². The molecule has 5 rings (SSSR count). The van der Waals surface area contributed by atoms with Crippen LogP contribution in [0.4, 0.5) is 11.6 Å². The van der Waals surface area contributed by atoms with Crippen LogP contribution >= 0.6 is 0 Å². The smallest absolute Gasteiger partial charge is 0.440 e. The molecule has 3 aromatic rings. The SMILES string of the molecule is Cc1cc([C@@H](C)Nc2cccc3c2B(O)OC3)c2oc(N3CCC(C)(C)CC3)c(C)c(=O)c2c1. The first kappa shape index (κ1) is 23.0. The number of nitrogens with zero attached hydrogens (tertiary/aromatic N) is 1. The van der Waals surface area contributed by atoms with E-state index in [1.807, 2.05) is 38.1 Å². The van der Waals surface area contributed by atoms with Crippen molar-refractivity contribution in [1.82, 2.24) is 0 Å². The average molecular weight is 460 g/mol. The molecule has 1 fully saturated rings. The number of hydrogen-bond donors (Lipinski definition) is 2. The van der Waals surface area contributed by atoms with Crippen molar-refractivity contribution >= 4 is 35.1 Å². The Morgan fingerprint density at radius 2 is 1.91 bits per heavy atom. The highest BCUT2D eigenvalue weighted by Gasteiger charge is 2.31. The average Bonchev–Trinajstić information content (AvgIpc) is 3.18. The molecule has 1 aromatic heterocycles. The minimum atomic E-state index is -0.935. The van der Waals surface area contributed by atoms with Crippen molar-refractivity contribution in [2.75, 3.05) is 23.3 Å². The zero-order valence-electron chi connectivity index (χ0n) is 20.7. The molecule has 0 bridgehead atoms. The van der Waals surface area contributed by atoms with Gasteiger partial charge in [0.2, 0.25) is 5.88 Å². The maximum absolute atomic E-state index is 13.4. The van der Waals surface area contributed by atoms with Crippen molar-refractivity contribution in [1.29, 1.82) is 0 Å². The molecule has 0 saturated carbocycles. The lowest BCUT2D eigenvalue weighted by Gasteiger charge is -2.37. The first-order chi connectivity index (χ1) is 16.1. The lowest BCUT2D eigenvalue weighted by Crippen LogP contribution is -2.38. The molecule has 1 saturated heterocycles. The minimum absolute atomic E-state index is 0.0302. The van der Waals surface area contributed by atoms with Crippen LogP contribution in [-0.4, -0.2) is 25.2 Å². The van der Waals surface area contributed by atoms with Gasteiger partial charge in [-0.2, -0.15) is 0 Å². The summed E-state index contributed by atoms with van der Waals surface area (Å²) in [5.41, 5.74) is 6.17. The molecule has 0 unspecified atom stereocenters. The molecule has 6 nitrogen and oxygen atoms in total. The summed E-state index contributed by atoms with van der Waals surface area (Å²) in [7, 11) is -0.935. The van der Waals surface area contributed by atoms with Gasteiger partial charge >= 0.3 is 7.12 Å². The number of piperidine rings is 1. The van der Waals surface area contributed by atoms with E-state index in [1.165, 1.54) is 0 Å². The number of aryl methyl sites for hydroxylation is 1. The molecule has 2 N–H and O–H groups in total. The summed E-state index contributed by atoms with van der Waals surface area (Å²) in [5.74, 6) is 0.690. The summed E-state index contributed by atoms with van der Waals surface area (Å²) in [6.07, 6.45) is 2.13. The standard InChI is InChI=1S/C27H33BN2O4/c1-16-13-20(18(3)29-22-8-6-7-19-15-33-28(32)23(19)22)25-21(14-16)24(31)17(2)26(34-25)30-11-9-27(4,5)10-12-30/h6-8,13-14,18,29,32H,9-12,15H2,1-5H3/t18-/m1/s1. The maximum Gasteiger partial charge on any atom is 0.493 e. The number of rotatable bonds is 4. The summed E-state index contributed by atoms with van der Waals surface area (Å²) < 4.78 is 12.0. The van der Waals surface area contributed by atoms with Crippen LogP contribution in [0.5, 0.6) is 0 Å². The Balaban J connectivity index is 1.57. The fourth-order valence-electron chi connectivity index (χ4n) is 5.21. The molecule has 0 spiro atoms. The van der Waals surface area contributed by atoms with Gasteiger partial charge in [0.1, 0.15) is 5.58 Å². The van der Waals surface area contributed by atoms with Gasteiger partial charge in [0, 0.05) is 29.8 Å². The van der Waals surface area contributed by atoms with Gasteiger partial charge < -0.3 is 24.3 Å². The Morgan fingerprint density at radius 1 is 1.18 bits per heavy atom. The van der Waals surface area contributed by atoms with E-state index in [-0.39, 0.29) is 11.5 Å². The third-order valence-corrected chi connectivity index (χ3v) is 7.45. The van der Waals surface area contributed by atoms with Crippen LogP contribution in [-0.2, 0) is 11.3 Å². The van der Waals surface area contributed by atoms with Crippen LogP contribution < -0.4 is 21.1 Å². The topological polar surface area (TPSA) is 74.9 Å². The Morgan fingerprint density at radius 3 is 2.65 bits per heavy atom. The second kappa shape index (κ2) is 8.47. The van der Waals surface area contributed by atoms with E-state index in [0.29, 0.717) is 34.4 Å².